The van der Waals surface area contributed by atoms with Crippen LogP contribution in [0.3, 0.4) is 0 Å². The maximum atomic E-state index is 12.5. The lowest BCUT2D eigenvalue weighted by atomic mass is 10.0. The van der Waals surface area contributed by atoms with Crippen LogP contribution in [0.5, 0.6) is 0 Å². The quantitative estimate of drug-likeness (QED) is 0.0320. The number of ether oxygens (including phenoxy) is 1. The van der Waals surface area contributed by atoms with Crippen molar-refractivity contribution in [3.8, 4) is 0 Å². The van der Waals surface area contributed by atoms with Gasteiger partial charge < -0.3 is 20.3 Å². The van der Waals surface area contributed by atoms with Crippen molar-refractivity contribution in [2.45, 2.75) is 398 Å². The molecule has 0 bridgehead atoms. The van der Waals surface area contributed by atoms with Crippen LogP contribution in [0.25, 0.3) is 0 Å². The Morgan fingerprint density at radius 2 is 0.658 bits per heavy atom. The zero-order chi connectivity index (χ0) is 55.0. The molecule has 0 saturated carbocycles. The average molecular weight is 1070 g/mol. The van der Waals surface area contributed by atoms with Crippen molar-refractivity contribution in [3.05, 3.63) is 24.3 Å². The first-order valence-corrected chi connectivity index (χ1v) is 34.6. The second kappa shape index (κ2) is 65.9. The van der Waals surface area contributed by atoms with Gasteiger partial charge in [-0.3, -0.25) is 9.59 Å². The topological polar surface area (TPSA) is 95.9 Å². The lowest BCUT2D eigenvalue weighted by Gasteiger charge is -2.22. The summed E-state index contributed by atoms with van der Waals surface area (Å²) in [7, 11) is 0. The molecule has 1 amide bonds. The van der Waals surface area contributed by atoms with E-state index in [0.717, 1.165) is 51.4 Å². The van der Waals surface area contributed by atoms with Crippen molar-refractivity contribution in [2.24, 2.45) is 0 Å². The van der Waals surface area contributed by atoms with E-state index in [9.17, 15) is 19.8 Å². The fraction of sp³-hybridized carbons (Fsp3) is 0.914. The summed E-state index contributed by atoms with van der Waals surface area (Å²) in [5.74, 6) is -0.0327. The Balaban J connectivity index is 3.39. The molecule has 3 N–H and O–H groups in total. The molecule has 2 unspecified atom stereocenters. The van der Waals surface area contributed by atoms with Gasteiger partial charge in [-0.2, -0.15) is 0 Å². The summed E-state index contributed by atoms with van der Waals surface area (Å²) in [5, 5.41) is 23.4. The number of allylic oxidation sites excluding steroid dienone is 4. The second-order valence-electron chi connectivity index (χ2n) is 23.9. The van der Waals surface area contributed by atoms with E-state index in [0.29, 0.717) is 25.9 Å². The molecule has 0 aromatic rings. The maximum absolute atomic E-state index is 12.5. The first kappa shape index (κ1) is 74.3. The molecule has 0 aliphatic heterocycles. The number of nitrogens with one attached hydrogen (secondary N) is 1. The first-order chi connectivity index (χ1) is 37.5. The summed E-state index contributed by atoms with van der Waals surface area (Å²) in [6.07, 6.45) is 82.1. The van der Waals surface area contributed by atoms with Crippen LogP contribution >= 0.6 is 0 Å². The summed E-state index contributed by atoms with van der Waals surface area (Å²) in [4.78, 5) is 24.6. The van der Waals surface area contributed by atoms with Crippen molar-refractivity contribution in [2.75, 3.05) is 13.2 Å². The average Bonchev–Trinajstić information content (AvgIpc) is 3.42. The molecule has 0 fully saturated rings. The molecule has 0 saturated heterocycles. The fourth-order valence-electron chi connectivity index (χ4n) is 11.0. The van der Waals surface area contributed by atoms with Gasteiger partial charge >= 0.3 is 5.97 Å². The summed E-state index contributed by atoms with van der Waals surface area (Å²) in [6, 6.07) is -0.544. The number of carbonyl (C=O) groups excluding carboxylic acids is 2. The Kier molecular flexibility index (Phi) is 64.4. The number of amides is 1. The first-order valence-electron chi connectivity index (χ1n) is 34.6. The van der Waals surface area contributed by atoms with E-state index in [1.807, 2.05) is 0 Å². The number of aliphatic hydroxyl groups excluding tert-OH is 2. The third kappa shape index (κ3) is 61.6. The molecule has 0 aromatic carbocycles. The second-order valence-corrected chi connectivity index (χ2v) is 23.9. The monoisotopic (exact) mass is 1070 g/mol. The summed E-state index contributed by atoms with van der Waals surface area (Å²) >= 11 is 0. The smallest absolute Gasteiger partial charge is 0.305 e. The Morgan fingerprint density at radius 3 is 1.03 bits per heavy atom. The molecule has 0 heterocycles. The molecule has 76 heavy (non-hydrogen) atoms. The highest BCUT2D eigenvalue weighted by atomic mass is 16.5. The van der Waals surface area contributed by atoms with Crippen LogP contribution in [0.1, 0.15) is 386 Å². The van der Waals surface area contributed by atoms with Crippen molar-refractivity contribution < 1.29 is 24.5 Å². The molecule has 0 aliphatic carbocycles. The largest absolute Gasteiger partial charge is 0.466 e. The van der Waals surface area contributed by atoms with Gasteiger partial charge in [0, 0.05) is 12.8 Å². The van der Waals surface area contributed by atoms with Gasteiger partial charge in [-0.1, -0.05) is 340 Å². The van der Waals surface area contributed by atoms with Crippen LogP contribution < -0.4 is 5.32 Å². The zero-order valence-electron chi connectivity index (χ0n) is 51.5. The van der Waals surface area contributed by atoms with Crippen LogP contribution in [0.4, 0.5) is 0 Å². The Labute approximate surface area is 475 Å². The molecule has 0 rings (SSSR count). The molecule has 450 valence electrons. The van der Waals surface area contributed by atoms with Crippen molar-refractivity contribution in [1.29, 1.82) is 0 Å². The number of hydrogen-bond acceptors (Lipinski definition) is 5. The molecule has 6 heteroatoms. The maximum Gasteiger partial charge on any atom is 0.305 e. The molecule has 0 spiro atoms. The van der Waals surface area contributed by atoms with Crippen molar-refractivity contribution >= 4 is 11.9 Å². The number of hydrogen-bond donors (Lipinski definition) is 3. The number of unbranched alkanes of at least 4 members (excludes halogenated alkanes) is 50. The highest BCUT2D eigenvalue weighted by Gasteiger charge is 2.20. The predicted octanol–water partition coefficient (Wildman–Crippen LogP) is 22.1. The minimum atomic E-state index is -0.666. The van der Waals surface area contributed by atoms with Gasteiger partial charge in [0.25, 0.3) is 0 Å². The number of carbonyl (C=O) groups is 2. The van der Waals surface area contributed by atoms with E-state index < -0.39 is 12.1 Å². The lowest BCUT2D eigenvalue weighted by molar-refractivity contribution is -0.143. The van der Waals surface area contributed by atoms with Crippen LogP contribution in [0, 0.1) is 0 Å². The standard InChI is InChI=1S/C70H135NO5/c1-3-5-7-9-11-13-15-17-19-20-21-22-23-25-28-31-35-38-42-46-50-54-58-62-68(73)67(66-72)71-69(74)63-59-55-51-47-43-39-36-32-29-26-24-27-30-33-37-41-45-49-53-57-61-65-76-70(75)64-60-56-52-48-44-40-34-18-16-14-12-10-8-6-4-2/h12,14,18,34,67-68,72-73H,3-11,13,15-17,19-33,35-66H2,1-2H3,(H,71,74)/b14-12-,34-18-. The summed E-state index contributed by atoms with van der Waals surface area (Å²) < 4.78 is 5.48. The summed E-state index contributed by atoms with van der Waals surface area (Å²) in [6.45, 7) is 4.95. The zero-order valence-corrected chi connectivity index (χ0v) is 51.5. The Bertz CT molecular complexity index is 1190. The van der Waals surface area contributed by atoms with Gasteiger partial charge in [0.2, 0.25) is 5.91 Å². The van der Waals surface area contributed by atoms with Crippen LogP contribution in [-0.2, 0) is 14.3 Å². The highest BCUT2D eigenvalue weighted by Crippen LogP contribution is 2.19. The van der Waals surface area contributed by atoms with E-state index in [1.165, 1.54) is 302 Å². The third-order valence-corrected chi connectivity index (χ3v) is 16.3. The molecule has 0 radical (unpaired) electrons. The Morgan fingerprint density at radius 1 is 0.368 bits per heavy atom. The van der Waals surface area contributed by atoms with E-state index in [2.05, 4.69) is 43.5 Å². The van der Waals surface area contributed by atoms with E-state index in [-0.39, 0.29) is 18.5 Å². The van der Waals surface area contributed by atoms with Crippen LogP contribution in [0.15, 0.2) is 24.3 Å². The minimum Gasteiger partial charge on any atom is -0.466 e. The third-order valence-electron chi connectivity index (χ3n) is 16.3. The summed E-state index contributed by atoms with van der Waals surface area (Å²) in [5.41, 5.74) is 0. The molecule has 0 aromatic heterocycles. The van der Waals surface area contributed by atoms with Crippen LogP contribution in [-0.4, -0.2) is 47.4 Å². The molecular weight excluding hydrogens is 935 g/mol. The molecule has 6 nitrogen and oxygen atoms in total. The minimum absolute atomic E-state index is 0.00103. The van der Waals surface area contributed by atoms with Gasteiger partial charge in [-0.15, -0.1) is 0 Å². The predicted molar refractivity (Wildman–Crippen MR) is 333 cm³/mol. The van der Waals surface area contributed by atoms with Crippen LogP contribution in [0.2, 0.25) is 0 Å². The molecule has 0 aliphatic rings. The number of aliphatic hydroxyl groups is 2. The van der Waals surface area contributed by atoms with E-state index >= 15 is 0 Å². The number of esters is 1. The lowest BCUT2D eigenvalue weighted by Crippen LogP contribution is -2.45. The Hall–Kier alpha value is -1.66. The van der Waals surface area contributed by atoms with Gasteiger partial charge in [-0.05, 0) is 57.8 Å². The van der Waals surface area contributed by atoms with Crippen molar-refractivity contribution in [3.63, 3.8) is 0 Å². The van der Waals surface area contributed by atoms with Gasteiger partial charge in [-0.25, -0.2) is 0 Å². The fourth-order valence-corrected chi connectivity index (χ4v) is 11.0. The normalized spacial score (nSPS) is 12.6. The van der Waals surface area contributed by atoms with Crippen molar-refractivity contribution in [1.82, 2.24) is 5.32 Å². The molecular formula is C70H135NO5. The highest BCUT2D eigenvalue weighted by molar-refractivity contribution is 5.76. The van der Waals surface area contributed by atoms with Gasteiger partial charge in [0.05, 0.1) is 25.4 Å². The van der Waals surface area contributed by atoms with E-state index in [4.69, 9.17) is 4.74 Å². The van der Waals surface area contributed by atoms with Gasteiger partial charge in [0.1, 0.15) is 0 Å². The SMILES string of the molecule is CCCCC/C=C\C/C=C\CCCCCCCC(=O)OCCCCCCCCCCCCCCCCCCCCCCCC(=O)NC(CO)C(O)CCCCCCCCCCCCCCCCCCCCCCCCC. The molecule has 2 atom stereocenters. The van der Waals surface area contributed by atoms with E-state index in [1.54, 1.807) is 0 Å². The number of rotatable bonds is 65. The van der Waals surface area contributed by atoms with Gasteiger partial charge in [0.15, 0.2) is 0 Å².